The predicted octanol–water partition coefficient (Wildman–Crippen LogP) is 2.86. The van der Waals surface area contributed by atoms with Gasteiger partial charge in [0.15, 0.2) is 11.5 Å². The normalized spacial score (nSPS) is 15.3. The van der Waals surface area contributed by atoms with Gasteiger partial charge >= 0.3 is 0 Å². The zero-order chi connectivity index (χ0) is 16.8. The van der Waals surface area contributed by atoms with Gasteiger partial charge in [0.25, 0.3) is 0 Å². The lowest BCUT2D eigenvalue weighted by Gasteiger charge is -2.33. The first kappa shape index (κ1) is 16.6. The van der Waals surface area contributed by atoms with E-state index >= 15 is 0 Å². The van der Waals surface area contributed by atoms with Crippen molar-refractivity contribution in [2.45, 2.75) is 25.4 Å². The molecule has 5 nitrogen and oxygen atoms in total. The Balaban J connectivity index is 1.50. The van der Waals surface area contributed by atoms with Crippen LogP contribution in [-0.4, -0.2) is 38.3 Å². The molecule has 2 aromatic rings. The van der Waals surface area contributed by atoms with E-state index in [4.69, 9.17) is 9.47 Å². The quantitative estimate of drug-likeness (QED) is 0.884. The molecule has 1 aliphatic rings. The van der Waals surface area contributed by atoms with Gasteiger partial charge in [-0.15, -0.1) is 0 Å². The molecule has 0 atom stereocenters. The number of nitrogens with zero attached hydrogens (tertiary/aromatic N) is 2. The fraction of sp³-hybridized carbons (Fsp3) is 0.421. The molecule has 24 heavy (non-hydrogen) atoms. The van der Waals surface area contributed by atoms with Crippen molar-refractivity contribution in [3.05, 3.63) is 48.2 Å². The molecular formula is C19H25N3O2. The molecule has 0 unspecified atom stereocenters. The maximum Gasteiger partial charge on any atom is 0.161 e. The second-order valence-corrected chi connectivity index (χ2v) is 6.02. The van der Waals surface area contributed by atoms with Gasteiger partial charge in [0.2, 0.25) is 0 Å². The lowest BCUT2D eigenvalue weighted by Crippen LogP contribution is -2.42. The molecule has 0 radical (unpaired) electrons. The Kier molecular flexibility index (Phi) is 5.54. The summed E-state index contributed by atoms with van der Waals surface area (Å²) in [5.74, 6) is 2.63. The third-order valence-corrected chi connectivity index (χ3v) is 4.51. The van der Waals surface area contributed by atoms with E-state index < -0.39 is 0 Å². The lowest BCUT2D eigenvalue weighted by atomic mass is 10.0. The average Bonchev–Trinajstić information content (AvgIpc) is 2.67. The van der Waals surface area contributed by atoms with E-state index in [1.165, 1.54) is 5.56 Å². The molecule has 1 aliphatic heterocycles. The number of aromatic nitrogens is 1. The number of piperidine rings is 1. The minimum Gasteiger partial charge on any atom is -0.493 e. The third kappa shape index (κ3) is 3.97. The van der Waals surface area contributed by atoms with E-state index in [1.54, 1.807) is 14.2 Å². The van der Waals surface area contributed by atoms with E-state index in [0.29, 0.717) is 6.04 Å². The first-order chi connectivity index (χ1) is 11.8. The molecule has 1 fully saturated rings. The topological polar surface area (TPSA) is 46.6 Å². The molecule has 1 aromatic carbocycles. The van der Waals surface area contributed by atoms with Crippen LogP contribution in [0, 0.1) is 0 Å². The zero-order valence-corrected chi connectivity index (χ0v) is 14.4. The van der Waals surface area contributed by atoms with E-state index in [1.807, 2.05) is 30.5 Å². The van der Waals surface area contributed by atoms with Crippen molar-refractivity contribution in [1.29, 1.82) is 0 Å². The number of hydrogen-bond donors (Lipinski definition) is 1. The Morgan fingerprint density at radius 3 is 2.54 bits per heavy atom. The van der Waals surface area contributed by atoms with Crippen molar-refractivity contribution in [3.63, 3.8) is 0 Å². The first-order valence-electron chi connectivity index (χ1n) is 8.40. The van der Waals surface area contributed by atoms with Gasteiger partial charge in [0, 0.05) is 31.9 Å². The summed E-state index contributed by atoms with van der Waals surface area (Å²) >= 11 is 0. The molecule has 1 aromatic heterocycles. The second kappa shape index (κ2) is 8.02. The van der Waals surface area contributed by atoms with Crippen LogP contribution in [0.4, 0.5) is 5.82 Å². The van der Waals surface area contributed by atoms with E-state index in [9.17, 15) is 0 Å². The fourth-order valence-corrected chi connectivity index (χ4v) is 3.11. The van der Waals surface area contributed by atoms with Crippen LogP contribution in [0.1, 0.15) is 18.4 Å². The number of hydrogen-bond acceptors (Lipinski definition) is 5. The Morgan fingerprint density at radius 2 is 1.88 bits per heavy atom. The SMILES string of the molecule is COc1ccc(CNC2CCN(c3ccccn3)CC2)cc1OC. The van der Waals surface area contributed by atoms with Crippen LogP contribution in [0.5, 0.6) is 11.5 Å². The van der Waals surface area contributed by atoms with Crippen molar-refractivity contribution >= 4 is 5.82 Å². The molecule has 0 saturated carbocycles. The molecule has 0 aliphatic carbocycles. The van der Waals surface area contributed by atoms with Gasteiger partial charge in [-0.3, -0.25) is 0 Å². The fourth-order valence-electron chi connectivity index (χ4n) is 3.11. The lowest BCUT2D eigenvalue weighted by molar-refractivity contribution is 0.354. The highest BCUT2D eigenvalue weighted by Crippen LogP contribution is 2.27. The number of benzene rings is 1. The molecule has 128 valence electrons. The molecular weight excluding hydrogens is 302 g/mol. The maximum atomic E-state index is 5.37. The molecule has 0 bridgehead atoms. The Labute approximate surface area is 143 Å². The summed E-state index contributed by atoms with van der Waals surface area (Å²) in [6, 6.07) is 12.7. The third-order valence-electron chi connectivity index (χ3n) is 4.51. The van der Waals surface area contributed by atoms with Crippen molar-refractivity contribution in [2.24, 2.45) is 0 Å². The average molecular weight is 327 g/mol. The molecule has 0 amide bonds. The number of ether oxygens (including phenoxy) is 2. The van der Waals surface area contributed by atoms with Crippen LogP contribution in [-0.2, 0) is 6.54 Å². The summed E-state index contributed by atoms with van der Waals surface area (Å²) in [5, 5.41) is 3.66. The molecule has 5 heteroatoms. The van der Waals surface area contributed by atoms with E-state index in [0.717, 1.165) is 49.8 Å². The summed E-state index contributed by atoms with van der Waals surface area (Å²) in [4.78, 5) is 6.79. The first-order valence-corrected chi connectivity index (χ1v) is 8.40. The van der Waals surface area contributed by atoms with Gasteiger partial charge in [-0.25, -0.2) is 4.98 Å². The second-order valence-electron chi connectivity index (χ2n) is 6.02. The van der Waals surface area contributed by atoms with Gasteiger partial charge in [0.1, 0.15) is 5.82 Å². The molecule has 1 N–H and O–H groups in total. The Morgan fingerprint density at radius 1 is 1.08 bits per heavy atom. The molecule has 0 spiro atoms. The van der Waals surface area contributed by atoms with Crippen molar-refractivity contribution in [1.82, 2.24) is 10.3 Å². The molecule has 3 rings (SSSR count). The Hall–Kier alpha value is -2.27. The van der Waals surface area contributed by atoms with Crippen molar-refractivity contribution < 1.29 is 9.47 Å². The number of anilines is 1. The highest BCUT2D eigenvalue weighted by molar-refractivity contribution is 5.43. The summed E-state index contributed by atoms with van der Waals surface area (Å²) < 4.78 is 10.6. The van der Waals surface area contributed by atoms with Crippen LogP contribution in [0.15, 0.2) is 42.6 Å². The van der Waals surface area contributed by atoms with Crippen LogP contribution < -0.4 is 19.7 Å². The maximum absolute atomic E-state index is 5.37. The van der Waals surface area contributed by atoms with Crippen molar-refractivity contribution in [3.8, 4) is 11.5 Å². The van der Waals surface area contributed by atoms with Crippen LogP contribution in [0.25, 0.3) is 0 Å². The van der Waals surface area contributed by atoms with Gasteiger partial charge in [-0.1, -0.05) is 12.1 Å². The highest BCUT2D eigenvalue weighted by Gasteiger charge is 2.19. The monoisotopic (exact) mass is 327 g/mol. The van der Waals surface area contributed by atoms with Crippen LogP contribution in [0.3, 0.4) is 0 Å². The largest absolute Gasteiger partial charge is 0.493 e. The smallest absolute Gasteiger partial charge is 0.161 e. The Bertz CT molecular complexity index is 640. The van der Waals surface area contributed by atoms with Crippen LogP contribution in [0.2, 0.25) is 0 Å². The predicted molar refractivity (Wildman–Crippen MR) is 95.9 cm³/mol. The minimum atomic E-state index is 0.540. The van der Waals surface area contributed by atoms with Gasteiger partial charge in [0.05, 0.1) is 14.2 Å². The summed E-state index contributed by atoms with van der Waals surface area (Å²) in [5.41, 5.74) is 1.21. The summed E-state index contributed by atoms with van der Waals surface area (Å²) in [6.45, 7) is 2.93. The number of nitrogens with one attached hydrogen (secondary N) is 1. The highest BCUT2D eigenvalue weighted by atomic mass is 16.5. The summed E-state index contributed by atoms with van der Waals surface area (Å²) in [6.07, 6.45) is 4.12. The summed E-state index contributed by atoms with van der Waals surface area (Å²) in [7, 11) is 3.33. The number of pyridine rings is 1. The van der Waals surface area contributed by atoms with Crippen LogP contribution >= 0.6 is 0 Å². The molecule has 1 saturated heterocycles. The van der Waals surface area contributed by atoms with E-state index in [-0.39, 0.29) is 0 Å². The van der Waals surface area contributed by atoms with Gasteiger partial charge in [-0.2, -0.15) is 0 Å². The van der Waals surface area contributed by atoms with Crippen molar-refractivity contribution in [2.75, 3.05) is 32.2 Å². The standard InChI is InChI=1S/C19H25N3O2/c1-23-17-7-6-15(13-18(17)24-2)14-21-16-8-11-22(12-9-16)19-5-3-4-10-20-19/h3-7,10,13,16,21H,8-9,11-12,14H2,1-2H3. The zero-order valence-electron chi connectivity index (χ0n) is 14.4. The molecule has 2 heterocycles. The number of rotatable bonds is 6. The van der Waals surface area contributed by atoms with E-state index in [2.05, 4.69) is 27.3 Å². The minimum absolute atomic E-state index is 0.540. The van der Waals surface area contributed by atoms with Gasteiger partial charge < -0.3 is 19.7 Å². The van der Waals surface area contributed by atoms with Gasteiger partial charge in [-0.05, 0) is 42.7 Å². The number of methoxy groups -OCH3 is 2.